The van der Waals surface area contributed by atoms with Crippen molar-refractivity contribution in [1.29, 1.82) is 5.26 Å². The van der Waals surface area contributed by atoms with Gasteiger partial charge in [0.15, 0.2) is 0 Å². The van der Waals surface area contributed by atoms with E-state index in [-0.39, 0.29) is 17.5 Å². The van der Waals surface area contributed by atoms with Crippen LogP contribution in [0.2, 0.25) is 0 Å². The molecular weight excluding hydrogens is 393 g/mol. The van der Waals surface area contributed by atoms with Crippen molar-refractivity contribution in [2.24, 2.45) is 0 Å². The van der Waals surface area contributed by atoms with Gasteiger partial charge in [0.05, 0.1) is 11.7 Å². The quantitative estimate of drug-likeness (QED) is 0.644. The van der Waals surface area contributed by atoms with Crippen molar-refractivity contribution >= 4 is 22.5 Å². The van der Waals surface area contributed by atoms with E-state index in [4.69, 9.17) is 0 Å². The van der Waals surface area contributed by atoms with E-state index >= 15 is 0 Å². The third-order valence-electron chi connectivity index (χ3n) is 6.05. The van der Waals surface area contributed by atoms with Gasteiger partial charge in [-0.25, -0.2) is 4.39 Å². The van der Waals surface area contributed by atoms with Crippen LogP contribution in [0.3, 0.4) is 0 Å². The molecule has 2 heterocycles. The Labute approximate surface area is 181 Å². The molecule has 2 N–H and O–H groups in total. The van der Waals surface area contributed by atoms with Crippen molar-refractivity contribution < 1.29 is 9.18 Å². The lowest BCUT2D eigenvalue weighted by Gasteiger charge is -2.38. The SMILES string of the molecule is CC(C(=O)NCCc1c[nH]c2ccccc12)N1CCN(c2cccc(F)c2C#N)CC1. The van der Waals surface area contributed by atoms with Crippen LogP contribution in [0.1, 0.15) is 18.1 Å². The summed E-state index contributed by atoms with van der Waals surface area (Å²) in [5.41, 5.74) is 3.01. The minimum atomic E-state index is -0.495. The van der Waals surface area contributed by atoms with Crippen LogP contribution in [0.4, 0.5) is 10.1 Å². The van der Waals surface area contributed by atoms with Gasteiger partial charge in [-0.2, -0.15) is 5.26 Å². The molecule has 2 aromatic carbocycles. The first-order chi connectivity index (χ1) is 15.1. The third-order valence-corrected chi connectivity index (χ3v) is 6.05. The van der Waals surface area contributed by atoms with E-state index in [2.05, 4.69) is 21.3 Å². The standard InChI is InChI=1S/C24H26FN5O/c1-17(24(31)27-10-9-18-16-28-22-7-3-2-5-19(18)22)29-11-13-30(14-12-29)23-8-4-6-21(25)20(23)15-26/h2-8,16-17,28H,9-14H2,1H3,(H,27,31). The molecule has 0 aliphatic carbocycles. The largest absolute Gasteiger partial charge is 0.368 e. The average Bonchev–Trinajstić information content (AvgIpc) is 3.21. The maximum atomic E-state index is 13.9. The van der Waals surface area contributed by atoms with E-state index in [1.54, 1.807) is 12.1 Å². The van der Waals surface area contributed by atoms with Crippen molar-refractivity contribution in [1.82, 2.24) is 15.2 Å². The second-order valence-electron chi connectivity index (χ2n) is 7.85. The summed E-state index contributed by atoms with van der Waals surface area (Å²) in [7, 11) is 0. The number of nitriles is 1. The summed E-state index contributed by atoms with van der Waals surface area (Å²) in [4.78, 5) is 20.1. The fourth-order valence-corrected chi connectivity index (χ4v) is 4.21. The molecule has 1 unspecified atom stereocenters. The molecule has 31 heavy (non-hydrogen) atoms. The maximum Gasteiger partial charge on any atom is 0.237 e. The fourth-order valence-electron chi connectivity index (χ4n) is 4.21. The summed E-state index contributed by atoms with van der Waals surface area (Å²) in [6.07, 6.45) is 2.77. The number of benzene rings is 2. The van der Waals surface area contributed by atoms with Crippen LogP contribution in [0.15, 0.2) is 48.7 Å². The van der Waals surface area contributed by atoms with Crippen LogP contribution in [0.25, 0.3) is 10.9 Å². The van der Waals surface area contributed by atoms with Gasteiger partial charge in [-0.15, -0.1) is 0 Å². The Balaban J connectivity index is 1.28. The number of carbonyl (C=O) groups excluding carboxylic acids is 1. The van der Waals surface area contributed by atoms with Crippen LogP contribution < -0.4 is 10.2 Å². The number of nitrogens with zero attached hydrogens (tertiary/aromatic N) is 3. The van der Waals surface area contributed by atoms with Crippen LogP contribution >= 0.6 is 0 Å². The molecule has 1 aliphatic rings. The number of hydrogen-bond donors (Lipinski definition) is 2. The van der Waals surface area contributed by atoms with E-state index in [0.717, 1.165) is 11.9 Å². The zero-order valence-corrected chi connectivity index (χ0v) is 17.6. The number of anilines is 1. The monoisotopic (exact) mass is 419 g/mol. The second-order valence-corrected chi connectivity index (χ2v) is 7.85. The maximum absolute atomic E-state index is 13.9. The Morgan fingerprint density at radius 3 is 2.74 bits per heavy atom. The highest BCUT2D eigenvalue weighted by molar-refractivity contribution is 5.83. The summed E-state index contributed by atoms with van der Waals surface area (Å²) in [6.45, 7) is 5.15. The first-order valence-corrected chi connectivity index (χ1v) is 10.6. The number of amides is 1. The van der Waals surface area contributed by atoms with Gasteiger partial charge in [0.2, 0.25) is 5.91 Å². The Bertz CT molecular complexity index is 1110. The van der Waals surface area contributed by atoms with E-state index in [9.17, 15) is 14.4 Å². The van der Waals surface area contributed by atoms with Gasteiger partial charge in [-0.1, -0.05) is 24.3 Å². The first-order valence-electron chi connectivity index (χ1n) is 10.6. The van der Waals surface area contributed by atoms with Gasteiger partial charge in [-0.3, -0.25) is 9.69 Å². The minimum Gasteiger partial charge on any atom is -0.368 e. The number of hydrogen-bond acceptors (Lipinski definition) is 4. The number of fused-ring (bicyclic) bond motifs is 1. The highest BCUT2D eigenvalue weighted by Gasteiger charge is 2.26. The molecule has 4 rings (SSSR count). The number of rotatable bonds is 6. The van der Waals surface area contributed by atoms with Crippen LogP contribution in [-0.2, 0) is 11.2 Å². The lowest BCUT2D eigenvalue weighted by atomic mass is 10.1. The molecule has 6 nitrogen and oxygen atoms in total. The van der Waals surface area contributed by atoms with Gasteiger partial charge in [-0.05, 0) is 37.1 Å². The van der Waals surface area contributed by atoms with Crippen molar-refractivity contribution in [3.63, 3.8) is 0 Å². The number of para-hydroxylation sites is 1. The molecule has 0 bridgehead atoms. The Morgan fingerprint density at radius 2 is 1.97 bits per heavy atom. The molecule has 1 fully saturated rings. The summed E-state index contributed by atoms with van der Waals surface area (Å²) in [6, 6.07) is 14.6. The van der Waals surface area contributed by atoms with Gasteiger partial charge in [0.25, 0.3) is 0 Å². The number of nitrogens with one attached hydrogen (secondary N) is 2. The second kappa shape index (κ2) is 9.19. The van der Waals surface area contributed by atoms with Crippen LogP contribution in [-0.4, -0.2) is 54.6 Å². The molecule has 1 saturated heterocycles. The summed E-state index contributed by atoms with van der Waals surface area (Å²) in [5.74, 6) is -0.484. The first kappa shape index (κ1) is 20.9. The average molecular weight is 420 g/mol. The van der Waals surface area contributed by atoms with Crippen molar-refractivity contribution in [3.8, 4) is 6.07 Å². The van der Waals surface area contributed by atoms with Gasteiger partial charge < -0.3 is 15.2 Å². The molecule has 160 valence electrons. The molecule has 1 atom stereocenters. The molecule has 0 saturated carbocycles. The lowest BCUT2D eigenvalue weighted by molar-refractivity contribution is -0.125. The molecule has 3 aromatic rings. The number of carbonyl (C=O) groups is 1. The van der Waals surface area contributed by atoms with Gasteiger partial charge >= 0.3 is 0 Å². The third kappa shape index (κ3) is 4.39. The zero-order valence-electron chi connectivity index (χ0n) is 17.6. The Kier molecular flexibility index (Phi) is 6.19. The molecule has 7 heteroatoms. The van der Waals surface area contributed by atoms with Crippen molar-refractivity contribution in [3.05, 3.63) is 65.6 Å². The summed E-state index contributed by atoms with van der Waals surface area (Å²) < 4.78 is 13.9. The van der Waals surface area contributed by atoms with Crippen LogP contribution in [0, 0.1) is 17.1 Å². The number of piperazine rings is 1. The van der Waals surface area contributed by atoms with Crippen molar-refractivity contribution in [2.45, 2.75) is 19.4 Å². The summed E-state index contributed by atoms with van der Waals surface area (Å²) >= 11 is 0. The predicted octanol–water partition coefficient (Wildman–Crippen LogP) is 3.05. The van der Waals surface area contributed by atoms with E-state index in [1.807, 2.05) is 42.3 Å². The zero-order chi connectivity index (χ0) is 21.8. The van der Waals surface area contributed by atoms with Crippen LogP contribution in [0.5, 0.6) is 0 Å². The number of aromatic nitrogens is 1. The molecule has 0 spiro atoms. The Hall–Kier alpha value is -3.37. The molecule has 1 aromatic heterocycles. The smallest absolute Gasteiger partial charge is 0.237 e. The summed E-state index contributed by atoms with van der Waals surface area (Å²) in [5, 5.41) is 13.5. The molecular formula is C24H26FN5O. The number of aromatic amines is 1. The van der Waals surface area contributed by atoms with E-state index in [1.165, 1.54) is 17.0 Å². The number of H-pyrrole nitrogens is 1. The normalized spacial score (nSPS) is 15.6. The minimum absolute atomic E-state index is 0.0109. The van der Waals surface area contributed by atoms with E-state index < -0.39 is 5.82 Å². The van der Waals surface area contributed by atoms with Crippen molar-refractivity contribution in [2.75, 3.05) is 37.6 Å². The molecule has 1 amide bonds. The predicted molar refractivity (Wildman–Crippen MR) is 119 cm³/mol. The highest BCUT2D eigenvalue weighted by atomic mass is 19.1. The topological polar surface area (TPSA) is 75.2 Å². The highest BCUT2D eigenvalue weighted by Crippen LogP contribution is 2.24. The fraction of sp³-hybridized carbons (Fsp3) is 0.333. The molecule has 0 radical (unpaired) electrons. The van der Waals surface area contributed by atoms with Gasteiger partial charge in [0, 0.05) is 49.8 Å². The molecule has 1 aliphatic heterocycles. The van der Waals surface area contributed by atoms with E-state index in [0.29, 0.717) is 38.4 Å². The Morgan fingerprint density at radius 1 is 1.19 bits per heavy atom. The number of halogens is 1. The lowest BCUT2D eigenvalue weighted by Crippen LogP contribution is -2.54. The van der Waals surface area contributed by atoms with Gasteiger partial charge in [0.1, 0.15) is 17.4 Å².